The molecule has 1 fully saturated rings. The highest BCUT2D eigenvalue weighted by Gasteiger charge is 2.38. The van der Waals surface area contributed by atoms with Gasteiger partial charge in [-0.3, -0.25) is 33.7 Å². The summed E-state index contributed by atoms with van der Waals surface area (Å²) in [7, 11) is 5.44. The van der Waals surface area contributed by atoms with Gasteiger partial charge in [-0.2, -0.15) is 0 Å². The largest absolute Gasteiger partial charge is 0.493 e. The molecule has 32 heavy (non-hydrogen) atoms. The number of aromatic amines is 1. The molecule has 2 aliphatic heterocycles. The first-order chi connectivity index (χ1) is 15.2. The number of imide groups is 2. The highest BCUT2D eigenvalue weighted by atomic mass is 16.5. The van der Waals surface area contributed by atoms with Gasteiger partial charge in [0.1, 0.15) is 5.57 Å². The lowest BCUT2D eigenvalue weighted by atomic mass is 9.93. The van der Waals surface area contributed by atoms with Gasteiger partial charge in [-0.25, -0.2) is 9.59 Å². The fourth-order valence-electron chi connectivity index (χ4n) is 3.92. The number of ether oxygens (including phenoxy) is 2. The maximum Gasteiger partial charge on any atom is 0.333 e. The topological polar surface area (TPSA) is 131 Å². The first-order valence-corrected chi connectivity index (χ1v) is 9.63. The van der Waals surface area contributed by atoms with Crippen molar-refractivity contribution in [2.75, 3.05) is 28.3 Å². The van der Waals surface area contributed by atoms with Crippen LogP contribution in [-0.4, -0.2) is 65.5 Å². The molecule has 0 atom stereocenters. The first-order valence-electron chi connectivity index (χ1n) is 9.63. The number of aromatic nitrogens is 2. The van der Waals surface area contributed by atoms with Crippen LogP contribution in [0.1, 0.15) is 11.1 Å². The van der Waals surface area contributed by atoms with Crippen LogP contribution in [0.25, 0.3) is 17.3 Å². The van der Waals surface area contributed by atoms with Crippen molar-refractivity contribution in [3.63, 3.8) is 0 Å². The van der Waals surface area contributed by atoms with Crippen LogP contribution in [0.5, 0.6) is 11.5 Å². The summed E-state index contributed by atoms with van der Waals surface area (Å²) in [6, 6.07) is 2.63. The molecule has 11 nitrogen and oxygen atoms in total. The third-order valence-corrected chi connectivity index (χ3v) is 5.64. The molecule has 166 valence electrons. The number of hydrogen-bond donors (Lipinski definition) is 1. The molecular formula is C21H20N4O7. The number of H-pyrrole nitrogens is 1. The van der Waals surface area contributed by atoms with Gasteiger partial charge >= 0.3 is 11.7 Å². The maximum absolute atomic E-state index is 12.8. The summed E-state index contributed by atoms with van der Waals surface area (Å²) in [5, 5.41) is 0. The van der Waals surface area contributed by atoms with Crippen LogP contribution >= 0.6 is 0 Å². The summed E-state index contributed by atoms with van der Waals surface area (Å²) < 4.78 is 12.1. The number of fused-ring (bicyclic) bond motifs is 3. The predicted octanol–water partition coefficient (Wildman–Crippen LogP) is 0.211. The molecule has 0 aliphatic carbocycles. The SMILES string of the molecule is COc1cc2c(cc1OC)-c1c(C=C3C(=O)N(C)C(=O)N(C)C3=O)c(=O)[nH]c(=O)n1CC2. The molecule has 4 amide bonds. The highest BCUT2D eigenvalue weighted by molar-refractivity contribution is 6.30. The van der Waals surface area contributed by atoms with Gasteiger partial charge in [0.2, 0.25) is 0 Å². The molecule has 1 aromatic heterocycles. The minimum atomic E-state index is -0.842. The number of methoxy groups -OCH3 is 2. The minimum Gasteiger partial charge on any atom is -0.493 e. The van der Waals surface area contributed by atoms with Crippen LogP contribution in [0.15, 0.2) is 27.3 Å². The second-order valence-corrected chi connectivity index (χ2v) is 7.36. The Labute approximate surface area is 181 Å². The van der Waals surface area contributed by atoms with Crippen molar-refractivity contribution >= 4 is 23.9 Å². The van der Waals surface area contributed by atoms with Crippen LogP contribution in [0.3, 0.4) is 0 Å². The molecule has 0 spiro atoms. The van der Waals surface area contributed by atoms with E-state index in [1.54, 1.807) is 12.1 Å². The zero-order chi connectivity index (χ0) is 23.3. The molecule has 0 radical (unpaired) electrons. The summed E-state index contributed by atoms with van der Waals surface area (Å²) in [5.74, 6) is -0.802. The number of amides is 4. The Morgan fingerprint density at radius 2 is 1.53 bits per heavy atom. The Morgan fingerprint density at radius 1 is 0.938 bits per heavy atom. The molecule has 0 unspecified atom stereocenters. The molecule has 2 aromatic rings. The van der Waals surface area contributed by atoms with E-state index in [1.807, 2.05) is 0 Å². The van der Waals surface area contributed by atoms with Crippen molar-refractivity contribution in [2.24, 2.45) is 0 Å². The number of aryl methyl sites for hydroxylation is 1. The number of carbonyl (C=O) groups is 3. The van der Waals surface area contributed by atoms with E-state index < -0.39 is 29.1 Å². The molecule has 1 N–H and O–H groups in total. The van der Waals surface area contributed by atoms with Crippen LogP contribution < -0.4 is 20.7 Å². The number of rotatable bonds is 3. The number of likely N-dealkylation sites (N-methyl/N-ethyl adjacent to an activating group) is 2. The standard InChI is InChI=1S/C21H20N4O7/c1-23-18(27)13(19(28)24(2)21(23)30)8-12-16-11-9-15(32-4)14(31-3)7-10(11)5-6-25(16)20(29)22-17(12)26/h7-9H,5-6H2,1-4H3,(H,22,26,29). The van der Waals surface area contributed by atoms with Crippen molar-refractivity contribution in [3.05, 3.63) is 49.7 Å². The predicted molar refractivity (Wildman–Crippen MR) is 112 cm³/mol. The van der Waals surface area contributed by atoms with Gasteiger partial charge in [0.05, 0.1) is 25.5 Å². The van der Waals surface area contributed by atoms with Crippen LogP contribution in [-0.2, 0) is 22.6 Å². The van der Waals surface area contributed by atoms with Crippen LogP contribution in [0, 0.1) is 0 Å². The van der Waals surface area contributed by atoms with E-state index in [9.17, 15) is 24.0 Å². The summed E-state index contributed by atoms with van der Waals surface area (Å²) in [6.45, 7) is 0.268. The average molecular weight is 440 g/mol. The van der Waals surface area contributed by atoms with Crippen molar-refractivity contribution in [1.29, 1.82) is 0 Å². The number of carbonyl (C=O) groups excluding carboxylic acids is 3. The second kappa shape index (κ2) is 7.52. The average Bonchev–Trinajstić information content (AvgIpc) is 2.79. The Balaban J connectivity index is 2.02. The maximum atomic E-state index is 12.8. The molecule has 11 heteroatoms. The van der Waals surface area contributed by atoms with E-state index in [0.717, 1.165) is 21.4 Å². The molecule has 2 aliphatic rings. The Kier molecular flexibility index (Phi) is 4.96. The quantitative estimate of drug-likeness (QED) is 0.533. The number of barbiturate groups is 1. The summed E-state index contributed by atoms with van der Waals surface area (Å²) >= 11 is 0. The molecule has 4 rings (SSSR count). The number of urea groups is 1. The molecule has 3 heterocycles. The van der Waals surface area contributed by atoms with E-state index in [-0.39, 0.29) is 23.4 Å². The highest BCUT2D eigenvalue weighted by Crippen LogP contribution is 2.39. The zero-order valence-corrected chi connectivity index (χ0v) is 17.8. The fraction of sp³-hybridized carbons (Fsp3) is 0.286. The number of nitrogens with one attached hydrogen (secondary N) is 1. The Morgan fingerprint density at radius 3 is 2.12 bits per heavy atom. The summed E-state index contributed by atoms with van der Waals surface area (Å²) in [5.41, 5.74) is -0.205. The van der Waals surface area contributed by atoms with Gasteiger partial charge < -0.3 is 9.47 Å². The van der Waals surface area contributed by atoms with E-state index in [4.69, 9.17) is 9.47 Å². The molecule has 0 bridgehead atoms. The number of nitrogens with zero attached hydrogens (tertiary/aromatic N) is 3. The van der Waals surface area contributed by atoms with Crippen molar-refractivity contribution < 1.29 is 23.9 Å². The lowest BCUT2D eigenvalue weighted by molar-refractivity contribution is -0.134. The second-order valence-electron chi connectivity index (χ2n) is 7.36. The van der Waals surface area contributed by atoms with Crippen molar-refractivity contribution in [2.45, 2.75) is 13.0 Å². The number of hydrogen-bond acceptors (Lipinski definition) is 7. The van der Waals surface area contributed by atoms with Crippen LogP contribution in [0.4, 0.5) is 4.79 Å². The van der Waals surface area contributed by atoms with E-state index >= 15 is 0 Å². The van der Waals surface area contributed by atoms with Gasteiger partial charge in [-0.1, -0.05) is 0 Å². The van der Waals surface area contributed by atoms with E-state index in [0.29, 0.717) is 23.5 Å². The molecule has 1 saturated heterocycles. The normalized spacial score (nSPS) is 15.5. The Bertz CT molecular complexity index is 1310. The van der Waals surface area contributed by atoms with E-state index in [1.165, 1.54) is 32.9 Å². The zero-order valence-electron chi connectivity index (χ0n) is 17.8. The summed E-state index contributed by atoms with van der Waals surface area (Å²) in [4.78, 5) is 66.5. The van der Waals surface area contributed by atoms with Gasteiger partial charge in [-0.15, -0.1) is 0 Å². The van der Waals surface area contributed by atoms with Crippen molar-refractivity contribution in [3.8, 4) is 22.8 Å². The molecule has 0 saturated carbocycles. The van der Waals surface area contributed by atoms with Crippen molar-refractivity contribution in [1.82, 2.24) is 19.4 Å². The van der Waals surface area contributed by atoms with E-state index in [2.05, 4.69) is 4.98 Å². The number of benzene rings is 1. The third kappa shape index (κ3) is 3.01. The van der Waals surface area contributed by atoms with Gasteiger partial charge in [0.25, 0.3) is 17.4 Å². The lowest BCUT2D eigenvalue weighted by Gasteiger charge is -2.29. The van der Waals surface area contributed by atoms with Gasteiger partial charge in [-0.05, 0) is 30.2 Å². The van der Waals surface area contributed by atoms with Crippen LogP contribution in [0.2, 0.25) is 0 Å². The minimum absolute atomic E-state index is 0.0504. The first kappa shape index (κ1) is 21.1. The van der Waals surface area contributed by atoms with Gasteiger partial charge in [0.15, 0.2) is 11.5 Å². The smallest absolute Gasteiger partial charge is 0.333 e. The third-order valence-electron chi connectivity index (χ3n) is 5.64. The molecule has 1 aromatic carbocycles. The monoisotopic (exact) mass is 440 g/mol. The van der Waals surface area contributed by atoms with Gasteiger partial charge in [0, 0.05) is 26.2 Å². The lowest BCUT2D eigenvalue weighted by Crippen LogP contribution is -2.53. The molecular weight excluding hydrogens is 420 g/mol. The summed E-state index contributed by atoms with van der Waals surface area (Å²) in [6.07, 6.45) is 1.61. The Hall–Kier alpha value is -4.15. The fourth-order valence-corrected chi connectivity index (χ4v) is 3.92.